The highest BCUT2D eigenvalue weighted by Crippen LogP contribution is 2.04. The van der Waals surface area contributed by atoms with Gasteiger partial charge < -0.3 is 4.90 Å². The Morgan fingerprint density at radius 3 is 2.23 bits per heavy atom. The summed E-state index contributed by atoms with van der Waals surface area (Å²) in [6.07, 6.45) is 9.56. The first-order chi connectivity index (χ1) is 6.13. The molecule has 2 heteroatoms. The lowest BCUT2D eigenvalue weighted by atomic mass is 10.3. The number of amides is 1. The van der Waals surface area contributed by atoms with Gasteiger partial charge in [-0.2, -0.15) is 0 Å². The van der Waals surface area contributed by atoms with E-state index in [2.05, 4.69) is 0 Å². The molecule has 0 fully saturated rings. The summed E-state index contributed by atoms with van der Waals surface area (Å²) in [6, 6.07) is 0. The summed E-state index contributed by atoms with van der Waals surface area (Å²) < 4.78 is 0. The van der Waals surface area contributed by atoms with Crippen LogP contribution in [-0.2, 0) is 4.79 Å². The normalized spacial score (nSPS) is 12.8. The van der Waals surface area contributed by atoms with Crippen molar-refractivity contribution in [3.05, 3.63) is 36.1 Å². The fourth-order valence-corrected chi connectivity index (χ4v) is 0.827. The molecule has 0 atom stereocenters. The summed E-state index contributed by atoms with van der Waals surface area (Å²) in [5, 5.41) is 0. The van der Waals surface area contributed by atoms with Crippen molar-refractivity contribution in [2.24, 2.45) is 0 Å². The van der Waals surface area contributed by atoms with E-state index in [9.17, 15) is 4.79 Å². The minimum absolute atomic E-state index is 0.0360. The largest absolute Gasteiger partial charge is 0.316 e. The van der Waals surface area contributed by atoms with Gasteiger partial charge in [-0.05, 0) is 26.0 Å². The number of hydrogen-bond donors (Lipinski definition) is 0. The Balaban J connectivity index is 4.69. The Hall–Kier alpha value is -1.31. The third-order valence-corrected chi connectivity index (χ3v) is 1.66. The lowest BCUT2D eigenvalue weighted by molar-refractivity contribution is -0.125. The van der Waals surface area contributed by atoms with Crippen LogP contribution in [0.3, 0.4) is 0 Å². The van der Waals surface area contributed by atoms with E-state index >= 15 is 0 Å². The van der Waals surface area contributed by atoms with Gasteiger partial charge in [0.05, 0.1) is 0 Å². The maximum absolute atomic E-state index is 11.1. The number of hydrogen-bond acceptors (Lipinski definition) is 1. The van der Waals surface area contributed by atoms with E-state index in [1.165, 1.54) is 0 Å². The van der Waals surface area contributed by atoms with Crippen LogP contribution in [0.5, 0.6) is 0 Å². The average molecular weight is 179 g/mol. The Bertz CT molecular complexity index is 249. The fourth-order valence-electron chi connectivity index (χ4n) is 0.827. The van der Waals surface area contributed by atoms with Gasteiger partial charge in [0.1, 0.15) is 0 Å². The molecule has 0 saturated carbocycles. The van der Waals surface area contributed by atoms with Crippen LogP contribution in [0.25, 0.3) is 0 Å². The number of carbonyl (C=O) groups excluding carboxylic acids is 1. The van der Waals surface area contributed by atoms with Gasteiger partial charge in [0.15, 0.2) is 0 Å². The van der Waals surface area contributed by atoms with E-state index in [1.807, 2.05) is 44.2 Å². The highest BCUT2D eigenvalue weighted by atomic mass is 16.2. The quantitative estimate of drug-likeness (QED) is 0.609. The molecule has 0 aliphatic heterocycles. The van der Waals surface area contributed by atoms with Gasteiger partial charge >= 0.3 is 0 Å². The average Bonchev–Trinajstić information content (AvgIpc) is 2.11. The molecule has 0 rings (SSSR count). The summed E-state index contributed by atoms with van der Waals surface area (Å²) in [5.74, 6) is 0.0360. The first-order valence-electron chi connectivity index (χ1n) is 4.33. The second-order valence-electron chi connectivity index (χ2n) is 2.70. The highest BCUT2D eigenvalue weighted by Gasteiger charge is 2.03. The Morgan fingerprint density at radius 2 is 1.85 bits per heavy atom. The lowest BCUT2D eigenvalue weighted by Gasteiger charge is -2.15. The van der Waals surface area contributed by atoms with Gasteiger partial charge in [-0.1, -0.05) is 18.2 Å². The third-order valence-electron chi connectivity index (χ3n) is 1.66. The van der Waals surface area contributed by atoms with Crippen LogP contribution in [0.15, 0.2) is 36.1 Å². The molecule has 13 heavy (non-hydrogen) atoms. The highest BCUT2D eigenvalue weighted by molar-refractivity contribution is 5.75. The molecule has 0 radical (unpaired) electrons. The van der Waals surface area contributed by atoms with Crippen molar-refractivity contribution < 1.29 is 4.79 Å². The molecule has 0 unspecified atom stereocenters. The zero-order chi connectivity index (χ0) is 10.3. The molecule has 2 nitrogen and oxygen atoms in total. The minimum atomic E-state index is 0.0360. The number of carbonyl (C=O) groups is 1. The van der Waals surface area contributed by atoms with Crippen molar-refractivity contribution in [3.63, 3.8) is 0 Å². The van der Waals surface area contributed by atoms with E-state index in [-0.39, 0.29) is 5.91 Å². The molecule has 1 amide bonds. The Kier molecular flexibility index (Phi) is 5.60. The van der Waals surface area contributed by atoms with Gasteiger partial charge in [0.25, 0.3) is 0 Å². The third kappa shape index (κ3) is 4.31. The predicted molar refractivity (Wildman–Crippen MR) is 56.2 cm³/mol. The Morgan fingerprint density at radius 1 is 1.23 bits per heavy atom. The van der Waals surface area contributed by atoms with E-state index in [0.717, 1.165) is 5.70 Å². The number of likely N-dealkylation sites (N-methyl/N-ethyl adjacent to an activating group) is 1. The maximum Gasteiger partial charge on any atom is 0.223 e. The molecular weight excluding hydrogens is 162 g/mol. The van der Waals surface area contributed by atoms with E-state index < -0.39 is 0 Å². The van der Waals surface area contributed by atoms with Crippen LogP contribution in [-0.4, -0.2) is 17.9 Å². The smallest absolute Gasteiger partial charge is 0.223 e. The first kappa shape index (κ1) is 11.7. The topological polar surface area (TPSA) is 20.3 Å². The zero-order valence-corrected chi connectivity index (χ0v) is 8.74. The van der Waals surface area contributed by atoms with Crippen molar-refractivity contribution in [1.82, 2.24) is 4.90 Å². The van der Waals surface area contributed by atoms with E-state index in [1.54, 1.807) is 18.9 Å². The molecule has 0 saturated heterocycles. The SMILES string of the molecule is C/C=C/C=C(\C=C\C)N(C)C(C)=O. The van der Waals surface area contributed by atoms with Crippen LogP contribution >= 0.6 is 0 Å². The summed E-state index contributed by atoms with van der Waals surface area (Å²) in [5.41, 5.74) is 0.896. The molecule has 0 aromatic carbocycles. The fraction of sp³-hybridized carbons (Fsp3) is 0.364. The van der Waals surface area contributed by atoms with Crippen molar-refractivity contribution >= 4 is 5.91 Å². The first-order valence-corrected chi connectivity index (χ1v) is 4.33. The Labute approximate surface area is 80.2 Å². The van der Waals surface area contributed by atoms with E-state index in [0.29, 0.717) is 0 Å². The number of allylic oxidation sites excluding steroid dienone is 5. The van der Waals surface area contributed by atoms with Gasteiger partial charge in [-0.25, -0.2) is 0 Å². The molecule has 0 aliphatic rings. The molecule has 0 heterocycles. The maximum atomic E-state index is 11.1. The zero-order valence-electron chi connectivity index (χ0n) is 8.74. The summed E-state index contributed by atoms with van der Waals surface area (Å²) in [6.45, 7) is 5.42. The minimum Gasteiger partial charge on any atom is -0.316 e. The molecule has 0 spiro atoms. The van der Waals surface area contributed by atoms with Crippen LogP contribution in [0.1, 0.15) is 20.8 Å². The van der Waals surface area contributed by atoms with Crippen molar-refractivity contribution in [2.45, 2.75) is 20.8 Å². The van der Waals surface area contributed by atoms with Gasteiger partial charge in [0.2, 0.25) is 5.91 Å². The molecule has 0 aliphatic carbocycles. The molecular formula is C11H17NO. The second kappa shape index (κ2) is 6.23. The second-order valence-corrected chi connectivity index (χ2v) is 2.70. The van der Waals surface area contributed by atoms with Crippen molar-refractivity contribution in [3.8, 4) is 0 Å². The molecule has 0 bridgehead atoms. The molecule has 72 valence electrons. The predicted octanol–water partition coefficient (Wildman–Crippen LogP) is 2.50. The number of nitrogens with zero attached hydrogens (tertiary/aromatic N) is 1. The summed E-state index contributed by atoms with van der Waals surface area (Å²) >= 11 is 0. The molecule has 0 aromatic rings. The van der Waals surface area contributed by atoms with Crippen LogP contribution in [0, 0.1) is 0 Å². The summed E-state index contributed by atoms with van der Waals surface area (Å²) in [4.78, 5) is 12.7. The van der Waals surface area contributed by atoms with E-state index in [4.69, 9.17) is 0 Å². The molecule has 0 aromatic heterocycles. The van der Waals surface area contributed by atoms with Crippen LogP contribution in [0.4, 0.5) is 0 Å². The van der Waals surface area contributed by atoms with Crippen LogP contribution < -0.4 is 0 Å². The lowest BCUT2D eigenvalue weighted by Crippen LogP contribution is -2.21. The standard InChI is InChI=1S/C11H17NO/c1-5-7-9-11(8-6-2)12(4)10(3)13/h5-9H,1-4H3/b7-5+,8-6+,11-9+. The molecule has 0 N–H and O–H groups in total. The van der Waals surface area contributed by atoms with Gasteiger partial charge in [-0.3, -0.25) is 4.79 Å². The monoisotopic (exact) mass is 179 g/mol. The van der Waals surface area contributed by atoms with Gasteiger partial charge in [0, 0.05) is 19.7 Å². The number of rotatable bonds is 3. The van der Waals surface area contributed by atoms with Crippen LogP contribution in [0.2, 0.25) is 0 Å². The van der Waals surface area contributed by atoms with Crippen molar-refractivity contribution in [1.29, 1.82) is 0 Å². The van der Waals surface area contributed by atoms with Crippen molar-refractivity contribution in [2.75, 3.05) is 7.05 Å². The summed E-state index contributed by atoms with van der Waals surface area (Å²) in [7, 11) is 1.76. The van der Waals surface area contributed by atoms with Gasteiger partial charge in [-0.15, -0.1) is 0 Å².